The smallest absolute Gasteiger partial charge is 0.303 e. The number of aliphatic carboxylic acids is 1. The number of hydrogen-bond donors (Lipinski definition) is 1. The summed E-state index contributed by atoms with van der Waals surface area (Å²) in [6.45, 7) is 6.22. The van der Waals surface area contributed by atoms with E-state index in [9.17, 15) is 4.79 Å². The molecule has 0 radical (unpaired) electrons. The van der Waals surface area contributed by atoms with Crippen LogP contribution in [0.2, 0.25) is 0 Å². The molecule has 4 heteroatoms. The third kappa shape index (κ3) is 3.36. The van der Waals surface area contributed by atoms with Gasteiger partial charge in [0.05, 0.1) is 0 Å². The van der Waals surface area contributed by atoms with Crippen molar-refractivity contribution in [2.24, 2.45) is 18.4 Å². The van der Waals surface area contributed by atoms with Crippen LogP contribution in [0.1, 0.15) is 33.0 Å². The normalized spacial score (nSPS) is 13.8. The van der Waals surface area contributed by atoms with Crippen LogP contribution in [0, 0.1) is 11.3 Å². The molecule has 0 aliphatic rings. The molecule has 0 amide bonds. The zero-order chi connectivity index (χ0) is 12.3. The number of nitrogens with zero attached hydrogens (tertiary/aromatic N) is 2. The molecular formula is C12H20N2O2. The quantitative estimate of drug-likeness (QED) is 0.852. The maximum atomic E-state index is 10.8. The minimum absolute atomic E-state index is 0.0235. The summed E-state index contributed by atoms with van der Waals surface area (Å²) in [6.07, 6.45) is 4.53. The predicted molar refractivity (Wildman–Crippen MR) is 62.1 cm³/mol. The van der Waals surface area contributed by atoms with Crippen molar-refractivity contribution in [3.8, 4) is 0 Å². The SMILES string of the molecule is Cn1ccnc1CC(CC(=O)O)C(C)(C)C. The molecule has 1 unspecified atom stereocenters. The fourth-order valence-corrected chi connectivity index (χ4v) is 1.71. The van der Waals surface area contributed by atoms with E-state index < -0.39 is 5.97 Å². The number of hydrogen-bond acceptors (Lipinski definition) is 2. The van der Waals surface area contributed by atoms with E-state index in [0.29, 0.717) is 6.42 Å². The highest BCUT2D eigenvalue weighted by Crippen LogP contribution is 2.31. The van der Waals surface area contributed by atoms with Gasteiger partial charge in [-0.3, -0.25) is 4.79 Å². The van der Waals surface area contributed by atoms with Crippen LogP contribution in [-0.2, 0) is 18.3 Å². The second-order valence-corrected chi connectivity index (χ2v) is 5.32. The molecule has 1 aromatic heterocycles. The van der Waals surface area contributed by atoms with E-state index in [1.165, 1.54) is 0 Å². The molecule has 0 aliphatic carbocycles. The van der Waals surface area contributed by atoms with E-state index >= 15 is 0 Å². The van der Waals surface area contributed by atoms with Crippen LogP contribution in [-0.4, -0.2) is 20.6 Å². The first-order valence-corrected chi connectivity index (χ1v) is 5.48. The van der Waals surface area contributed by atoms with Crippen molar-refractivity contribution in [3.05, 3.63) is 18.2 Å². The number of rotatable bonds is 4. The van der Waals surface area contributed by atoms with E-state index in [4.69, 9.17) is 5.11 Å². The third-order valence-corrected chi connectivity index (χ3v) is 3.00. The number of carboxylic acid groups (broad SMARTS) is 1. The van der Waals surface area contributed by atoms with Crippen LogP contribution in [0.5, 0.6) is 0 Å². The summed E-state index contributed by atoms with van der Waals surface area (Å²) in [4.78, 5) is 15.1. The predicted octanol–water partition coefficient (Wildman–Crippen LogP) is 2.10. The Balaban J connectivity index is 2.79. The van der Waals surface area contributed by atoms with Gasteiger partial charge in [-0.25, -0.2) is 4.98 Å². The molecule has 0 bridgehead atoms. The van der Waals surface area contributed by atoms with Crippen LogP contribution in [0.4, 0.5) is 0 Å². The third-order valence-electron chi connectivity index (χ3n) is 3.00. The fourth-order valence-electron chi connectivity index (χ4n) is 1.71. The molecule has 4 nitrogen and oxygen atoms in total. The van der Waals surface area contributed by atoms with Gasteiger partial charge in [-0.1, -0.05) is 20.8 Å². The van der Waals surface area contributed by atoms with Crippen molar-refractivity contribution in [2.45, 2.75) is 33.6 Å². The Morgan fingerprint density at radius 2 is 2.19 bits per heavy atom. The Morgan fingerprint density at radius 3 is 2.56 bits per heavy atom. The molecule has 0 aliphatic heterocycles. The van der Waals surface area contributed by atoms with Crippen molar-refractivity contribution in [3.63, 3.8) is 0 Å². The Hall–Kier alpha value is -1.32. The average Bonchev–Trinajstić information content (AvgIpc) is 2.48. The van der Waals surface area contributed by atoms with E-state index in [2.05, 4.69) is 25.8 Å². The second-order valence-electron chi connectivity index (χ2n) is 5.32. The summed E-state index contributed by atoms with van der Waals surface area (Å²) >= 11 is 0. The fraction of sp³-hybridized carbons (Fsp3) is 0.667. The highest BCUT2D eigenvalue weighted by molar-refractivity contribution is 5.67. The lowest BCUT2D eigenvalue weighted by Gasteiger charge is -2.29. The summed E-state index contributed by atoms with van der Waals surface area (Å²) in [5.74, 6) is 0.307. The van der Waals surface area contributed by atoms with Gasteiger partial charge >= 0.3 is 5.97 Å². The number of carbonyl (C=O) groups is 1. The van der Waals surface area contributed by atoms with Crippen LogP contribution in [0.3, 0.4) is 0 Å². The van der Waals surface area contributed by atoms with Gasteiger partial charge in [0, 0.05) is 32.3 Å². The molecule has 1 N–H and O–H groups in total. The molecule has 90 valence electrons. The van der Waals surface area contributed by atoms with Crippen molar-refractivity contribution >= 4 is 5.97 Å². The lowest BCUT2D eigenvalue weighted by Crippen LogP contribution is -2.26. The van der Waals surface area contributed by atoms with Crippen LogP contribution in [0.25, 0.3) is 0 Å². The van der Waals surface area contributed by atoms with Gasteiger partial charge in [-0.15, -0.1) is 0 Å². The number of imidazole rings is 1. The topological polar surface area (TPSA) is 55.1 Å². The zero-order valence-corrected chi connectivity index (χ0v) is 10.4. The monoisotopic (exact) mass is 224 g/mol. The van der Waals surface area contributed by atoms with Gasteiger partial charge in [0.1, 0.15) is 5.82 Å². The van der Waals surface area contributed by atoms with Gasteiger partial charge in [0.25, 0.3) is 0 Å². The van der Waals surface area contributed by atoms with E-state index in [-0.39, 0.29) is 17.8 Å². The van der Waals surface area contributed by atoms with Crippen molar-refractivity contribution in [1.29, 1.82) is 0 Å². The van der Waals surface area contributed by atoms with Crippen molar-refractivity contribution in [2.75, 3.05) is 0 Å². The first kappa shape index (κ1) is 12.7. The lowest BCUT2D eigenvalue weighted by atomic mass is 9.76. The highest BCUT2D eigenvalue weighted by Gasteiger charge is 2.28. The highest BCUT2D eigenvalue weighted by atomic mass is 16.4. The standard InChI is InChI=1S/C12H20N2O2/c1-12(2,3)9(8-11(15)16)7-10-13-5-6-14(10)4/h5-6,9H,7-8H2,1-4H3,(H,15,16). The van der Waals surface area contributed by atoms with Gasteiger partial charge in [0.2, 0.25) is 0 Å². The molecular weight excluding hydrogens is 204 g/mol. The molecule has 0 spiro atoms. The zero-order valence-electron chi connectivity index (χ0n) is 10.4. The minimum Gasteiger partial charge on any atom is -0.481 e. The molecule has 0 aromatic carbocycles. The van der Waals surface area contributed by atoms with Gasteiger partial charge in [-0.05, 0) is 11.3 Å². The Labute approximate surface area is 96.3 Å². The molecule has 1 aromatic rings. The summed E-state index contributed by atoms with van der Waals surface area (Å²) < 4.78 is 1.95. The summed E-state index contributed by atoms with van der Waals surface area (Å²) in [5, 5.41) is 8.92. The largest absolute Gasteiger partial charge is 0.481 e. The minimum atomic E-state index is -0.742. The van der Waals surface area contributed by atoms with Crippen molar-refractivity contribution < 1.29 is 9.90 Å². The van der Waals surface area contributed by atoms with Crippen molar-refractivity contribution in [1.82, 2.24) is 9.55 Å². The number of aromatic nitrogens is 2. The molecule has 0 saturated carbocycles. The van der Waals surface area contributed by atoms with Gasteiger partial charge in [-0.2, -0.15) is 0 Å². The maximum absolute atomic E-state index is 10.8. The number of carboxylic acids is 1. The van der Waals surface area contributed by atoms with Crippen LogP contribution >= 0.6 is 0 Å². The molecule has 1 heterocycles. The summed E-state index contributed by atoms with van der Waals surface area (Å²) in [6, 6.07) is 0. The van der Waals surface area contributed by atoms with Gasteiger partial charge < -0.3 is 9.67 Å². The second kappa shape index (κ2) is 4.68. The molecule has 0 fully saturated rings. The first-order valence-electron chi connectivity index (χ1n) is 5.48. The molecule has 0 saturated heterocycles. The summed E-state index contributed by atoms with van der Waals surface area (Å²) in [7, 11) is 1.93. The summed E-state index contributed by atoms with van der Waals surface area (Å²) in [5.41, 5.74) is -0.0235. The molecule has 1 rings (SSSR count). The molecule has 16 heavy (non-hydrogen) atoms. The Kier molecular flexibility index (Phi) is 3.73. The van der Waals surface area contributed by atoms with E-state index in [0.717, 1.165) is 5.82 Å². The lowest BCUT2D eigenvalue weighted by molar-refractivity contribution is -0.139. The van der Waals surface area contributed by atoms with Gasteiger partial charge in [0.15, 0.2) is 0 Å². The first-order chi connectivity index (χ1) is 7.30. The Morgan fingerprint density at radius 1 is 1.56 bits per heavy atom. The maximum Gasteiger partial charge on any atom is 0.303 e. The van der Waals surface area contributed by atoms with E-state index in [1.807, 2.05) is 17.8 Å². The Bertz CT molecular complexity index is 363. The average molecular weight is 224 g/mol. The van der Waals surface area contributed by atoms with Crippen LogP contribution < -0.4 is 0 Å². The van der Waals surface area contributed by atoms with Crippen LogP contribution in [0.15, 0.2) is 12.4 Å². The van der Waals surface area contributed by atoms with E-state index in [1.54, 1.807) is 6.20 Å². The number of aryl methyl sites for hydroxylation is 1. The molecule has 1 atom stereocenters.